The Morgan fingerprint density at radius 2 is 2.00 bits per heavy atom. The van der Waals surface area contributed by atoms with Crippen LogP contribution in [0.2, 0.25) is 0 Å². The van der Waals surface area contributed by atoms with Crippen LogP contribution in [-0.2, 0) is 6.54 Å². The zero-order chi connectivity index (χ0) is 18.9. The van der Waals surface area contributed by atoms with Gasteiger partial charge in [0.2, 0.25) is 0 Å². The average molecular weight is 371 g/mol. The maximum absolute atomic E-state index is 5.30. The van der Waals surface area contributed by atoms with E-state index in [0.29, 0.717) is 12.6 Å². The van der Waals surface area contributed by atoms with E-state index in [0.717, 1.165) is 43.6 Å². The lowest BCUT2D eigenvalue weighted by atomic mass is 10.1. The second kappa shape index (κ2) is 9.97. The molecule has 0 saturated carbocycles. The van der Waals surface area contributed by atoms with Crippen molar-refractivity contribution in [2.75, 3.05) is 33.3 Å². The molecule has 1 aliphatic heterocycles. The van der Waals surface area contributed by atoms with Crippen LogP contribution in [0.4, 0.5) is 0 Å². The third-order valence-electron chi connectivity index (χ3n) is 4.78. The summed E-state index contributed by atoms with van der Waals surface area (Å²) in [4.78, 5) is 7.15. The van der Waals surface area contributed by atoms with Gasteiger partial charge in [0.1, 0.15) is 17.7 Å². The van der Waals surface area contributed by atoms with Crippen LogP contribution in [0, 0.1) is 0 Å². The summed E-state index contributed by atoms with van der Waals surface area (Å²) in [5.74, 6) is 1.67. The maximum atomic E-state index is 5.30. The Hall–Kier alpha value is -2.54. The minimum Gasteiger partial charge on any atom is -0.497 e. The first-order valence-corrected chi connectivity index (χ1v) is 9.59. The summed E-state index contributed by atoms with van der Waals surface area (Å²) in [6.07, 6.45) is 4.08. The second-order valence-corrected chi connectivity index (χ2v) is 6.60. The van der Waals surface area contributed by atoms with Crippen molar-refractivity contribution in [3.8, 4) is 5.75 Å². The van der Waals surface area contributed by atoms with Gasteiger partial charge in [0, 0.05) is 19.2 Å². The van der Waals surface area contributed by atoms with Gasteiger partial charge in [0.05, 0.1) is 19.7 Å². The number of likely N-dealkylation sites (tertiary alicyclic amines) is 1. The van der Waals surface area contributed by atoms with E-state index in [2.05, 4.69) is 44.7 Å². The van der Waals surface area contributed by atoms with Crippen molar-refractivity contribution in [2.24, 2.45) is 4.99 Å². The number of nitrogens with zero attached hydrogens (tertiary/aromatic N) is 3. The van der Waals surface area contributed by atoms with Crippen LogP contribution in [0.1, 0.15) is 37.1 Å². The zero-order valence-corrected chi connectivity index (χ0v) is 16.1. The predicted molar refractivity (Wildman–Crippen MR) is 106 cm³/mol. The molecule has 1 aromatic heterocycles. The Morgan fingerprint density at radius 3 is 2.63 bits per heavy atom. The molecule has 1 unspecified atom stereocenters. The molecule has 0 bridgehead atoms. The topological polar surface area (TPSA) is 74.9 Å². The number of rotatable bonds is 8. The molecule has 1 fully saturated rings. The molecular formula is C20H29N5O2. The molecule has 3 rings (SSSR count). The quantitative estimate of drug-likeness (QED) is 0.549. The summed E-state index contributed by atoms with van der Waals surface area (Å²) >= 11 is 0. The largest absolute Gasteiger partial charge is 0.497 e. The SMILES string of the molecule is CCNC(=NCc1ccon1)NCC(c1ccc(OC)cc1)N1CCCC1. The van der Waals surface area contributed by atoms with Gasteiger partial charge < -0.3 is 19.9 Å². The van der Waals surface area contributed by atoms with E-state index in [1.165, 1.54) is 18.4 Å². The monoisotopic (exact) mass is 371 g/mol. The van der Waals surface area contributed by atoms with Gasteiger partial charge in [0.15, 0.2) is 5.96 Å². The van der Waals surface area contributed by atoms with Crippen LogP contribution in [0.5, 0.6) is 5.75 Å². The van der Waals surface area contributed by atoms with Crippen molar-refractivity contribution in [3.63, 3.8) is 0 Å². The molecule has 0 amide bonds. The third kappa shape index (κ3) is 5.47. The number of benzene rings is 1. The van der Waals surface area contributed by atoms with Crippen molar-refractivity contribution in [1.29, 1.82) is 0 Å². The molecule has 27 heavy (non-hydrogen) atoms. The van der Waals surface area contributed by atoms with Gasteiger partial charge >= 0.3 is 0 Å². The maximum Gasteiger partial charge on any atom is 0.191 e. The van der Waals surface area contributed by atoms with Crippen LogP contribution in [0.3, 0.4) is 0 Å². The molecule has 146 valence electrons. The number of guanidine groups is 1. The molecule has 1 atom stereocenters. The van der Waals surface area contributed by atoms with Gasteiger partial charge in [-0.25, -0.2) is 4.99 Å². The number of hydrogen-bond acceptors (Lipinski definition) is 5. The summed E-state index contributed by atoms with van der Waals surface area (Å²) in [6, 6.07) is 10.5. The van der Waals surface area contributed by atoms with E-state index in [9.17, 15) is 0 Å². The molecule has 7 heteroatoms. The van der Waals surface area contributed by atoms with E-state index in [1.54, 1.807) is 13.4 Å². The van der Waals surface area contributed by atoms with Crippen molar-refractivity contribution in [1.82, 2.24) is 20.7 Å². The first-order chi connectivity index (χ1) is 13.3. The zero-order valence-electron chi connectivity index (χ0n) is 16.1. The van der Waals surface area contributed by atoms with Crippen LogP contribution in [0.25, 0.3) is 0 Å². The molecule has 1 aliphatic rings. The summed E-state index contributed by atoms with van der Waals surface area (Å²) < 4.78 is 10.2. The molecule has 0 spiro atoms. The number of ether oxygens (including phenoxy) is 1. The highest BCUT2D eigenvalue weighted by molar-refractivity contribution is 5.79. The number of hydrogen-bond donors (Lipinski definition) is 2. The number of nitrogens with one attached hydrogen (secondary N) is 2. The molecule has 2 heterocycles. The number of aromatic nitrogens is 1. The highest BCUT2D eigenvalue weighted by atomic mass is 16.5. The smallest absolute Gasteiger partial charge is 0.191 e. The van der Waals surface area contributed by atoms with Gasteiger partial charge in [-0.1, -0.05) is 17.3 Å². The normalized spacial score (nSPS) is 16.3. The van der Waals surface area contributed by atoms with E-state index in [4.69, 9.17) is 9.26 Å². The van der Waals surface area contributed by atoms with Crippen molar-refractivity contribution < 1.29 is 9.26 Å². The lowest BCUT2D eigenvalue weighted by Gasteiger charge is -2.29. The van der Waals surface area contributed by atoms with Gasteiger partial charge in [-0.15, -0.1) is 0 Å². The first kappa shape index (κ1) is 19.2. The lowest BCUT2D eigenvalue weighted by Crippen LogP contribution is -2.42. The summed E-state index contributed by atoms with van der Waals surface area (Å²) in [7, 11) is 1.70. The Bertz CT molecular complexity index is 694. The standard InChI is InChI=1S/C20H29N5O2/c1-3-21-20(22-14-17-10-13-27-24-17)23-15-19(25-11-4-5-12-25)16-6-8-18(26-2)9-7-16/h6-10,13,19H,3-5,11-12,14-15H2,1-2H3,(H2,21,22,23). The van der Waals surface area contributed by atoms with Crippen molar-refractivity contribution in [3.05, 3.63) is 47.9 Å². The highest BCUT2D eigenvalue weighted by Crippen LogP contribution is 2.26. The molecular weight excluding hydrogens is 342 g/mol. The number of aliphatic imine (C=N–C) groups is 1. The van der Waals surface area contributed by atoms with E-state index >= 15 is 0 Å². The van der Waals surface area contributed by atoms with E-state index in [-0.39, 0.29) is 0 Å². The first-order valence-electron chi connectivity index (χ1n) is 9.59. The minimum atomic E-state index is 0.300. The number of methoxy groups -OCH3 is 1. The van der Waals surface area contributed by atoms with Gasteiger partial charge in [-0.3, -0.25) is 4.90 Å². The average Bonchev–Trinajstić information content (AvgIpc) is 3.41. The summed E-state index contributed by atoms with van der Waals surface area (Å²) in [5.41, 5.74) is 2.11. The molecule has 2 aromatic rings. The Labute approximate surface area is 160 Å². The molecule has 7 nitrogen and oxygen atoms in total. The lowest BCUT2D eigenvalue weighted by molar-refractivity contribution is 0.245. The van der Waals surface area contributed by atoms with Crippen molar-refractivity contribution >= 4 is 5.96 Å². The fourth-order valence-electron chi connectivity index (χ4n) is 3.35. The van der Waals surface area contributed by atoms with Crippen LogP contribution < -0.4 is 15.4 Å². The van der Waals surface area contributed by atoms with Gasteiger partial charge in [-0.05, 0) is 50.6 Å². The fourth-order valence-corrected chi connectivity index (χ4v) is 3.35. The van der Waals surface area contributed by atoms with Crippen LogP contribution >= 0.6 is 0 Å². The van der Waals surface area contributed by atoms with E-state index < -0.39 is 0 Å². The summed E-state index contributed by atoms with van der Waals surface area (Å²) in [5, 5.41) is 10.7. The Kier molecular flexibility index (Phi) is 7.10. The molecule has 0 radical (unpaired) electrons. The van der Waals surface area contributed by atoms with Gasteiger partial charge in [-0.2, -0.15) is 0 Å². The Morgan fingerprint density at radius 1 is 1.22 bits per heavy atom. The third-order valence-corrected chi connectivity index (χ3v) is 4.78. The second-order valence-electron chi connectivity index (χ2n) is 6.60. The summed E-state index contributed by atoms with van der Waals surface area (Å²) in [6.45, 7) is 6.41. The highest BCUT2D eigenvalue weighted by Gasteiger charge is 2.23. The molecule has 1 aromatic carbocycles. The predicted octanol–water partition coefficient (Wildman–Crippen LogP) is 2.58. The van der Waals surface area contributed by atoms with Crippen LogP contribution in [0.15, 0.2) is 46.1 Å². The molecule has 1 saturated heterocycles. The van der Waals surface area contributed by atoms with Crippen molar-refractivity contribution in [2.45, 2.75) is 32.4 Å². The molecule has 0 aliphatic carbocycles. The Balaban J connectivity index is 1.68. The van der Waals surface area contributed by atoms with Gasteiger partial charge in [0.25, 0.3) is 0 Å². The van der Waals surface area contributed by atoms with Crippen LogP contribution in [-0.4, -0.2) is 49.3 Å². The van der Waals surface area contributed by atoms with E-state index in [1.807, 2.05) is 18.2 Å². The minimum absolute atomic E-state index is 0.300. The fraction of sp³-hybridized carbons (Fsp3) is 0.500. The molecule has 2 N–H and O–H groups in total.